The van der Waals surface area contributed by atoms with Crippen molar-refractivity contribution in [3.63, 3.8) is 0 Å². The molecular formula is C23H23NO3. The smallest absolute Gasteiger partial charge is 0.241 e. The first-order valence-corrected chi connectivity index (χ1v) is 9.22. The highest BCUT2D eigenvalue weighted by molar-refractivity contribution is 6.26. The maximum Gasteiger partial charge on any atom is 0.241 e. The van der Waals surface area contributed by atoms with Crippen molar-refractivity contribution in [1.29, 1.82) is 0 Å². The van der Waals surface area contributed by atoms with Crippen LogP contribution in [0.2, 0.25) is 0 Å². The van der Waals surface area contributed by atoms with E-state index < -0.39 is 11.8 Å². The third-order valence-corrected chi connectivity index (χ3v) is 5.01. The van der Waals surface area contributed by atoms with E-state index in [2.05, 4.69) is 6.07 Å². The van der Waals surface area contributed by atoms with Crippen molar-refractivity contribution in [2.75, 3.05) is 0 Å². The van der Waals surface area contributed by atoms with Gasteiger partial charge >= 0.3 is 0 Å². The van der Waals surface area contributed by atoms with Crippen molar-refractivity contribution in [1.82, 2.24) is 0 Å². The fourth-order valence-corrected chi connectivity index (χ4v) is 3.62. The van der Waals surface area contributed by atoms with Crippen LogP contribution in [0.1, 0.15) is 56.7 Å². The maximum atomic E-state index is 12.4. The molecule has 0 radical (unpaired) electrons. The lowest BCUT2D eigenvalue weighted by Crippen LogP contribution is -2.15. The average molecular weight is 361 g/mol. The molecule has 0 fully saturated rings. The van der Waals surface area contributed by atoms with E-state index in [1.807, 2.05) is 19.1 Å². The molecule has 0 aromatic heterocycles. The number of primary amides is 1. The zero-order valence-electron chi connectivity index (χ0n) is 15.4. The van der Waals surface area contributed by atoms with Gasteiger partial charge in [-0.3, -0.25) is 14.4 Å². The summed E-state index contributed by atoms with van der Waals surface area (Å²) in [5.74, 6) is -1.10. The number of carbonyl (C=O) groups is 3. The van der Waals surface area contributed by atoms with E-state index in [9.17, 15) is 14.4 Å². The third kappa shape index (κ3) is 4.22. The largest absolute Gasteiger partial charge is 0.366 e. The summed E-state index contributed by atoms with van der Waals surface area (Å²) in [5, 5.41) is 0. The first kappa shape index (κ1) is 18.8. The minimum Gasteiger partial charge on any atom is -0.366 e. The number of fused-ring (bicyclic) bond motifs is 1. The lowest BCUT2D eigenvalue weighted by molar-refractivity contribution is -0.113. The molecule has 2 N–H and O–H groups in total. The predicted octanol–water partition coefficient (Wildman–Crippen LogP) is 3.90. The minimum absolute atomic E-state index is 0.0452. The molecule has 1 amide bonds. The number of aryl methyl sites for hydroxylation is 2. The number of hydrogen-bond acceptors (Lipinski definition) is 3. The van der Waals surface area contributed by atoms with E-state index >= 15 is 0 Å². The highest BCUT2D eigenvalue weighted by Crippen LogP contribution is 2.30. The molecule has 138 valence electrons. The number of Topliss-reactive ketones (excluding diaryl/α,β-unsaturated/α-hetero) is 2. The van der Waals surface area contributed by atoms with E-state index in [4.69, 9.17) is 5.73 Å². The van der Waals surface area contributed by atoms with E-state index in [0.29, 0.717) is 17.5 Å². The Labute approximate surface area is 159 Å². The van der Waals surface area contributed by atoms with Gasteiger partial charge in [0.05, 0.1) is 5.92 Å². The number of unbranched alkanes of at least 4 members (excludes halogenated alkanes) is 1. The number of benzene rings is 2. The highest BCUT2D eigenvalue weighted by Gasteiger charge is 2.37. The molecule has 0 saturated heterocycles. The van der Waals surface area contributed by atoms with Gasteiger partial charge in [-0.2, -0.15) is 0 Å². The zero-order chi connectivity index (χ0) is 19.4. The molecule has 0 bridgehead atoms. The molecule has 4 nitrogen and oxygen atoms in total. The van der Waals surface area contributed by atoms with Crippen LogP contribution in [0.5, 0.6) is 0 Å². The van der Waals surface area contributed by atoms with Crippen LogP contribution in [0.4, 0.5) is 0 Å². The molecule has 0 unspecified atom stereocenters. The quantitative estimate of drug-likeness (QED) is 0.461. The van der Waals surface area contributed by atoms with Gasteiger partial charge in [0.15, 0.2) is 11.6 Å². The van der Waals surface area contributed by atoms with E-state index in [1.165, 1.54) is 6.08 Å². The Kier molecular flexibility index (Phi) is 5.65. The number of hydrogen-bond donors (Lipinski definition) is 1. The Hall–Kier alpha value is -3.01. The summed E-state index contributed by atoms with van der Waals surface area (Å²) in [7, 11) is 0. The van der Waals surface area contributed by atoms with Crippen LogP contribution in [-0.4, -0.2) is 17.5 Å². The monoisotopic (exact) mass is 361 g/mol. The molecule has 0 heterocycles. The standard InChI is InChI=1S/C23H23NO3/c1-15-10-11-16(12-13-21(24)25)17(14-15)6-2-3-9-20-22(26)18-7-4-5-8-19(18)23(20)27/h4-5,7-8,10-14,20H,2-3,6,9H2,1H3,(H2,24,25). The summed E-state index contributed by atoms with van der Waals surface area (Å²) in [5.41, 5.74) is 9.57. The average Bonchev–Trinajstić information content (AvgIpc) is 2.89. The highest BCUT2D eigenvalue weighted by atomic mass is 16.2. The molecule has 1 aliphatic rings. The first-order chi connectivity index (χ1) is 13.0. The summed E-state index contributed by atoms with van der Waals surface area (Å²) in [6.45, 7) is 2.03. The Morgan fingerprint density at radius 3 is 2.33 bits per heavy atom. The van der Waals surface area contributed by atoms with Crippen LogP contribution >= 0.6 is 0 Å². The van der Waals surface area contributed by atoms with Crippen LogP contribution in [0, 0.1) is 12.8 Å². The van der Waals surface area contributed by atoms with Crippen LogP contribution in [0.15, 0.2) is 48.5 Å². The van der Waals surface area contributed by atoms with Gasteiger partial charge in [-0.1, -0.05) is 54.4 Å². The molecular weight excluding hydrogens is 338 g/mol. The number of ketones is 2. The second-order valence-electron chi connectivity index (χ2n) is 7.01. The van der Waals surface area contributed by atoms with Crippen molar-refractivity contribution < 1.29 is 14.4 Å². The fraction of sp³-hybridized carbons (Fsp3) is 0.261. The molecule has 0 atom stereocenters. The minimum atomic E-state index is -0.533. The van der Waals surface area contributed by atoms with Crippen LogP contribution in [0.25, 0.3) is 6.08 Å². The third-order valence-electron chi connectivity index (χ3n) is 5.01. The molecule has 0 spiro atoms. The number of rotatable bonds is 7. The molecule has 3 rings (SSSR count). The Morgan fingerprint density at radius 2 is 1.70 bits per heavy atom. The molecule has 4 heteroatoms. The molecule has 2 aromatic rings. The topological polar surface area (TPSA) is 77.2 Å². The SMILES string of the molecule is Cc1ccc(C=CC(N)=O)c(CCCCC2C(=O)c3ccccc3C2=O)c1. The molecule has 27 heavy (non-hydrogen) atoms. The second kappa shape index (κ2) is 8.12. The predicted molar refractivity (Wildman–Crippen MR) is 106 cm³/mol. The first-order valence-electron chi connectivity index (χ1n) is 9.22. The summed E-state index contributed by atoms with van der Waals surface area (Å²) in [6, 6.07) is 13.1. The lowest BCUT2D eigenvalue weighted by atomic mass is 9.94. The summed E-state index contributed by atoms with van der Waals surface area (Å²) >= 11 is 0. The normalized spacial score (nSPS) is 14.1. The van der Waals surface area contributed by atoms with Crippen LogP contribution in [0.3, 0.4) is 0 Å². The van der Waals surface area contributed by atoms with E-state index in [-0.39, 0.29) is 11.6 Å². The Bertz CT molecular complexity index is 892. The second-order valence-corrected chi connectivity index (χ2v) is 7.01. The van der Waals surface area contributed by atoms with Crippen molar-refractivity contribution in [2.45, 2.75) is 32.6 Å². The van der Waals surface area contributed by atoms with Crippen LogP contribution in [-0.2, 0) is 11.2 Å². The summed E-state index contributed by atoms with van der Waals surface area (Å²) in [4.78, 5) is 35.9. The van der Waals surface area contributed by atoms with Crippen molar-refractivity contribution in [2.24, 2.45) is 11.7 Å². The van der Waals surface area contributed by atoms with Gasteiger partial charge in [0.25, 0.3) is 0 Å². The van der Waals surface area contributed by atoms with E-state index in [0.717, 1.165) is 36.0 Å². The molecule has 2 aromatic carbocycles. The molecule has 0 aliphatic heterocycles. The summed E-state index contributed by atoms with van der Waals surface area (Å²) in [6.07, 6.45) is 6.16. The van der Waals surface area contributed by atoms with Gasteiger partial charge in [0.2, 0.25) is 5.91 Å². The molecule has 0 saturated carbocycles. The van der Waals surface area contributed by atoms with E-state index in [1.54, 1.807) is 30.3 Å². The Morgan fingerprint density at radius 1 is 1.04 bits per heavy atom. The zero-order valence-corrected chi connectivity index (χ0v) is 15.4. The lowest BCUT2D eigenvalue weighted by Gasteiger charge is -2.09. The van der Waals surface area contributed by atoms with Crippen molar-refractivity contribution in [3.05, 3.63) is 76.4 Å². The molecule has 1 aliphatic carbocycles. The fourth-order valence-electron chi connectivity index (χ4n) is 3.62. The van der Waals surface area contributed by atoms with Gasteiger partial charge < -0.3 is 5.73 Å². The van der Waals surface area contributed by atoms with Crippen LogP contribution < -0.4 is 5.73 Å². The van der Waals surface area contributed by atoms with Crippen molar-refractivity contribution in [3.8, 4) is 0 Å². The Balaban J connectivity index is 1.60. The van der Waals surface area contributed by atoms with Crippen molar-refractivity contribution >= 4 is 23.5 Å². The van der Waals surface area contributed by atoms with Gasteiger partial charge in [-0.15, -0.1) is 0 Å². The summed E-state index contributed by atoms with van der Waals surface area (Å²) < 4.78 is 0. The number of carbonyl (C=O) groups excluding carboxylic acids is 3. The number of amides is 1. The van der Waals surface area contributed by atoms with Gasteiger partial charge in [0.1, 0.15) is 0 Å². The van der Waals surface area contributed by atoms with Gasteiger partial charge in [-0.05, 0) is 43.4 Å². The van der Waals surface area contributed by atoms with Gasteiger partial charge in [0, 0.05) is 17.2 Å². The number of nitrogens with two attached hydrogens (primary N) is 1. The van der Waals surface area contributed by atoms with Gasteiger partial charge in [-0.25, -0.2) is 0 Å². The maximum absolute atomic E-state index is 12.4.